The number of rotatable bonds is 0. The third kappa shape index (κ3) is 0.879. The molecular formula is C10H11NO. The molecule has 0 radical (unpaired) electrons. The van der Waals surface area contributed by atoms with E-state index in [0.29, 0.717) is 12.2 Å². The van der Waals surface area contributed by atoms with E-state index in [1.807, 2.05) is 12.3 Å². The van der Waals surface area contributed by atoms with Crippen LogP contribution in [0.2, 0.25) is 0 Å². The van der Waals surface area contributed by atoms with Gasteiger partial charge in [0.25, 0.3) is 0 Å². The molecule has 2 aliphatic rings. The molecule has 0 amide bonds. The highest BCUT2D eigenvalue weighted by Gasteiger charge is 2.42. The quantitative estimate of drug-likeness (QED) is 0.543. The van der Waals surface area contributed by atoms with Crippen molar-refractivity contribution in [3.63, 3.8) is 0 Å². The van der Waals surface area contributed by atoms with Crippen molar-refractivity contribution in [3.05, 3.63) is 29.6 Å². The number of epoxide rings is 1. The van der Waals surface area contributed by atoms with Gasteiger partial charge >= 0.3 is 0 Å². The van der Waals surface area contributed by atoms with Gasteiger partial charge in [-0.2, -0.15) is 0 Å². The predicted molar refractivity (Wildman–Crippen MR) is 44.8 cm³/mol. The van der Waals surface area contributed by atoms with Crippen molar-refractivity contribution >= 4 is 0 Å². The Bertz CT molecular complexity index is 310. The van der Waals surface area contributed by atoms with Gasteiger partial charge in [-0.05, 0) is 25.3 Å². The fourth-order valence-corrected chi connectivity index (χ4v) is 2.03. The molecule has 2 heteroatoms. The van der Waals surface area contributed by atoms with Crippen molar-refractivity contribution in [1.82, 2.24) is 4.98 Å². The van der Waals surface area contributed by atoms with E-state index in [-0.39, 0.29) is 0 Å². The first-order valence-electron chi connectivity index (χ1n) is 4.54. The summed E-state index contributed by atoms with van der Waals surface area (Å²) in [4.78, 5) is 4.38. The Kier molecular flexibility index (Phi) is 1.27. The second-order valence-corrected chi connectivity index (χ2v) is 3.53. The van der Waals surface area contributed by atoms with E-state index in [2.05, 4.69) is 11.1 Å². The number of aromatic nitrogens is 1. The summed E-state index contributed by atoms with van der Waals surface area (Å²) in [5.74, 6) is 0. The number of fused-ring (bicyclic) bond motifs is 3. The molecule has 2 atom stereocenters. The van der Waals surface area contributed by atoms with Gasteiger partial charge in [0.2, 0.25) is 0 Å². The lowest BCUT2D eigenvalue weighted by molar-refractivity contribution is 0.356. The molecule has 1 fully saturated rings. The first-order chi connectivity index (χ1) is 5.95. The Hall–Kier alpha value is -0.890. The molecule has 0 bridgehead atoms. The summed E-state index contributed by atoms with van der Waals surface area (Å²) in [5, 5.41) is 0. The molecule has 0 saturated carbocycles. The zero-order valence-electron chi connectivity index (χ0n) is 6.86. The second-order valence-electron chi connectivity index (χ2n) is 3.53. The molecular weight excluding hydrogens is 150 g/mol. The Morgan fingerprint density at radius 3 is 3.50 bits per heavy atom. The van der Waals surface area contributed by atoms with Gasteiger partial charge in [-0.25, -0.2) is 0 Å². The minimum atomic E-state index is 0.385. The Morgan fingerprint density at radius 1 is 1.50 bits per heavy atom. The van der Waals surface area contributed by atoms with Crippen LogP contribution in [0.5, 0.6) is 0 Å². The van der Waals surface area contributed by atoms with Crippen LogP contribution in [-0.4, -0.2) is 11.1 Å². The average molecular weight is 161 g/mol. The first kappa shape index (κ1) is 6.61. The molecule has 1 aliphatic carbocycles. The molecule has 1 aromatic rings. The van der Waals surface area contributed by atoms with E-state index < -0.39 is 0 Å². The van der Waals surface area contributed by atoms with Crippen LogP contribution >= 0.6 is 0 Å². The standard InChI is InChI=1S/C10H11NO/c1-4-8-7(3-2-6-11-8)10-9(5-1)12-10/h2-3,6,9-10H,1,4-5H2. The highest BCUT2D eigenvalue weighted by molar-refractivity contribution is 5.28. The second kappa shape index (κ2) is 2.30. The van der Waals surface area contributed by atoms with Gasteiger partial charge < -0.3 is 4.74 Å². The first-order valence-corrected chi connectivity index (χ1v) is 4.54. The lowest BCUT2D eigenvalue weighted by Crippen LogP contribution is -1.93. The van der Waals surface area contributed by atoms with E-state index in [0.717, 1.165) is 6.42 Å². The van der Waals surface area contributed by atoms with E-state index >= 15 is 0 Å². The van der Waals surface area contributed by atoms with Crippen LogP contribution in [0.25, 0.3) is 0 Å². The molecule has 0 N–H and O–H groups in total. The summed E-state index contributed by atoms with van der Waals surface area (Å²) in [5.41, 5.74) is 2.59. The largest absolute Gasteiger partial charge is 0.364 e. The van der Waals surface area contributed by atoms with Gasteiger partial charge in [0, 0.05) is 17.5 Å². The highest BCUT2D eigenvalue weighted by Crippen LogP contribution is 2.44. The van der Waals surface area contributed by atoms with Crippen LogP contribution in [0.3, 0.4) is 0 Å². The van der Waals surface area contributed by atoms with Gasteiger partial charge in [0.15, 0.2) is 0 Å². The lowest BCUT2D eigenvalue weighted by Gasteiger charge is -2.01. The smallest absolute Gasteiger partial charge is 0.111 e. The molecule has 1 aromatic heterocycles. The molecule has 3 rings (SSSR count). The third-order valence-electron chi connectivity index (χ3n) is 2.72. The van der Waals surface area contributed by atoms with E-state index in [1.165, 1.54) is 24.1 Å². The van der Waals surface area contributed by atoms with Crippen molar-refractivity contribution < 1.29 is 4.74 Å². The van der Waals surface area contributed by atoms with Gasteiger partial charge in [-0.3, -0.25) is 4.98 Å². The van der Waals surface area contributed by atoms with Crippen LogP contribution in [0.15, 0.2) is 18.3 Å². The zero-order chi connectivity index (χ0) is 7.97. The maximum absolute atomic E-state index is 5.54. The Morgan fingerprint density at radius 2 is 2.50 bits per heavy atom. The normalized spacial score (nSPS) is 31.7. The summed E-state index contributed by atoms with van der Waals surface area (Å²) in [6, 6.07) is 4.15. The van der Waals surface area contributed by atoms with Gasteiger partial charge in [-0.15, -0.1) is 0 Å². The number of nitrogens with zero attached hydrogens (tertiary/aromatic N) is 1. The minimum Gasteiger partial charge on any atom is -0.364 e. The average Bonchev–Trinajstić information content (AvgIpc) is 2.82. The topological polar surface area (TPSA) is 25.4 Å². The minimum absolute atomic E-state index is 0.385. The Balaban J connectivity index is 2.08. The molecule has 1 aliphatic heterocycles. The van der Waals surface area contributed by atoms with Crippen LogP contribution in [0.4, 0.5) is 0 Å². The van der Waals surface area contributed by atoms with Crippen molar-refractivity contribution in [1.29, 1.82) is 0 Å². The van der Waals surface area contributed by atoms with E-state index in [1.54, 1.807) is 0 Å². The van der Waals surface area contributed by atoms with Gasteiger partial charge in [0.1, 0.15) is 6.10 Å². The third-order valence-corrected chi connectivity index (χ3v) is 2.72. The van der Waals surface area contributed by atoms with Gasteiger partial charge in [0.05, 0.1) is 6.10 Å². The molecule has 2 nitrogen and oxygen atoms in total. The molecule has 12 heavy (non-hydrogen) atoms. The van der Waals surface area contributed by atoms with E-state index in [4.69, 9.17) is 4.74 Å². The predicted octanol–water partition coefficient (Wildman–Crippen LogP) is 1.86. The fraction of sp³-hybridized carbons (Fsp3) is 0.500. The summed E-state index contributed by atoms with van der Waals surface area (Å²) < 4.78 is 5.54. The molecule has 2 heterocycles. The number of hydrogen-bond donors (Lipinski definition) is 0. The molecule has 62 valence electrons. The van der Waals surface area contributed by atoms with Crippen molar-refractivity contribution in [2.45, 2.75) is 31.5 Å². The van der Waals surface area contributed by atoms with Crippen molar-refractivity contribution in [3.8, 4) is 0 Å². The fourth-order valence-electron chi connectivity index (χ4n) is 2.03. The van der Waals surface area contributed by atoms with Crippen molar-refractivity contribution in [2.24, 2.45) is 0 Å². The van der Waals surface area contributed by atoms with Crippen LogP contribution in [0, 0.1) is 0 Å². The summed E-state index contributed by atoms with van der Waals surface area (Å²) in [6.07, 6.45) is 6.34. The summed E-state index contributed by atoms with van der Waals surface area (Å²) in [6.45, 7) is 0. The SMILES string of the molecule is c1cnc2c(c1)C1OC1CCC2. The molecule has 2 unspecified atom stereocenters. The van der Waals surface area contributed by atoms with Crippen molar-refractivity contribution in [2.75, 3.05) is 0 Å². The number of aryl methyl sites for hydroxylation is 1. The van der Waals surface area contributed by atoms with Crippen LogP contribution in [-0.2, 0) is 11.2 Å². The maximum atomic E-state index is 5.54. The molecule has 0 aromatic carbocycles. The van der Waals surface area contributed by atoms with Crippen LogP contribution < -0.4 is 0 Å². The monoisotopic (exact) mass is 161 g/mol. The van der Waals surface area contributed by atoms with Crippen LogP contribution in [0.1, 0.15) is 30.2 Å². The molecule has 0 spiro atoms. The van der Waals surface area contributed by atoms with Gasteiger partial charge in [-0.1, -0.05) is 6.07 Å². The number of ether oxygens (including phenoxy) is 1. The highest BCUT2D eigenvalue weighted by atomic mass is 16.6. The van der Waals surface area contributed by atoms with E-state index in [9.17, 15) is 0 Å². The summed E-state index contributed by atoms with van der Waals surface area (Å²) in [7, 11) is 0. The molecule has 1 saturated heterocycles. The Labute approximate surface area is 71.6 Å². The number of pyridine rings is 1. The lowest BCUT2D eigenvalue weighted by atomic mass is 10.1. The zero-order valence-corrected chi connectivity index (χ0v) is 6.86. The summed E-state index contributed by atoms with van der Waals surface area (Å²) >= 11 is 0. The number of hydrogen-bond acceptors (Lipinski definition) is 2. The maximum Gasteiger partial charge on any atom is 0.111 e.